The molecular formula is C27H25N5OS2. The van der Waals surface area contributed by atoms with Gasteiger partial charge in [0.1, 0.15) is 10.7 Å². The van der Waals surface area contributed by atoms with Crippen molar-refractivity contribution in [3.8, 4) is 0 Å². The van der Waals surface area contributed by atoms with Gasteiger partial charge in [0.15, 0.2) is 10.8 Å². The van der Waals surface area contributed by atoms with E-state index < -0.39 is 0 Å². The van der Waals surface area contributed by atoms with E-state index in [2.05, 4.69) is 15.5 Å². The van der Waals surface area contributed by atoms with Crippen LogP contribution < -0.4 is 5.32 Å². The lowest BCUT2D eigenvalue weighted by Crippen LogP contribution is -2.30. The van der Waals surface area contributed by atoms with Gasteiger partial charge in [0.2, 0.25) is 5.91 Å². The zero-order valence-electron chi connectivity index (χ0n) is 19.4. The maximum absolute atomic E-state index is 13.1. The predicted octanol–water partition coefficient (Wildman–Crippen LogP) is 5.52. The molecule has 176 valence electrons. The fourth-order valence-electron chi connectivity index (χ4n) is 4.86. The third kappa shape index (κ3) is 4.21. The lowest BCUT2D eigenvalue weighted by molar-refractivity contribution is -0.119. The van der Waals surface area contributed by atoms with Crippen molar-refractivity contribution in [3.63, 3.8) is 0 Å². The Hall–Kier alpha value is -3.23. The molecule has 0 spiro atoms. The van der Waals surface area contributed by atoms with Gasteiger partial charge >= 0.3 is 0 Å². The molecule has 6 nitrogen and oxygen atoms in total. The minimum absolute atomic E-state index is 0.0518. The van der Waals surface area contributed by atoms with Crippen LogP contribution in [0.15, 0.2) is 65.8 Å². The molecule has 0 unspecified atom stereocenters. The molecule has 1 aliphatic rings. The lowest BCUT2D eigenvalue weighted by Gasteiger charge is -2.19. The highest BCUT2D eigenvalue weighted by Gasteiger charge is 2.23. The maximum Gasteiger partial charge on any atom is 0.231 e. The monoisotopic (exact) mass is 499 g/mol. The number of amides is 1. The van der Waals surface area contributed by atoms with Crippen molar-refractivity contribution >= 4 is 44.9 Å². The number of rotatable bonds is 6. The highest BCUT2D eigenvalue weighted by atomic mass is 32.2. The summed E-state index contributed by atoms with van der Waals surface area (Å²) in [4.78, 5) is 20.5. The molecule has 0 saturated heterocycles. The van der Waals surface area contributed by atoms with Gasteiger partial charge in [-0.05, 0) is 49.3 Å². The molecule has 2 aromatic carbocycles. The number of carbonyl (C=O) groups is 1. The van der Waals surface area contributed by atoms with Crippen LogP contribution in [-0.2, 0) is 17.6 Å². The van der Waals surface area contributed by atoms with Crippen LogP contribution in [0.5, 0.6) is 0 Å². The van der Waals surface area contributed by atoms with Crippen LogP contribution in [0.2, 0.25) is 0 Å². The Morgan fingerprint density at radius 3 is 2.43 bits per heavy atom. The molecule has 0 aliphatic heterocycles. The van der Waals surface area contributed by atoms with Crippen LogP contribution in [0.25, 0.3) is 15.9 Å². The zero-order chi connectivity index (χ0) is 23.8. The summed E-state index contributed by atoms with van der Waals surface area (Å²) in [6, 6.07) is 19.9. The lowest BCUT2D eigenvalue weighted by atomic mass is 9.97. The smallest absolute Gasteiger partial charge is 0.231 e. The number of benzene rings is 2. The van der Waals surface area contributed by atoms with Crippen molar-refractivity contribution in [3.05, 3.63) is 88.1 Å². The molecule has 1 amide bonds. The van der Waals surface area contributed by atoms with E-state index in [1.54, 1.807) is 11.3 Å². The largest absolute Gasteiger partial charge is 0.344 e. The topological polar surface area (TPSA) is 72.2 Å². The Bertz CT molecular complexity index is 1470. The van der Waals surface area contributed by atoms with Gasteiger partial charge in [0, 0.05) is 4.88 Å². The van der Waals surface area contributed by atoms with Crippen LogP contribution in [0.4, 0.5) is 0 Å². The SMILES string of the molecule is Cc1nc2sc3c(c2c2nnc(SCC(=O)NC(c4ccccc4)c4ccccc4)n12)CCCC3. The van der Waals surface area contributed by atoms with Crippen LogP contribution in [0.1, 0.15) is 46.3 Å². The molecule has 0 atom stereocenters. The van der Waals surface area contributed by atoms with E-state index in [4.69, 9.17) is 4.98 Å². The van der Waals surface area contributed by atoms with Gasteiger partial charge in [-0.25, -0.2) is 4.98 Å². The molecule has 3 aromatic heterocycles. The Morgan fingerprint density at radius 1 is 1.03 bits per heavy atom. The number of nitrogens with zero attached hydrogens (tertiary/aromatic N) is 4. The van der Waals surface area contributed by atoms with E-state index in [9.17, 15) is 4.79 Å². The first kappa shape index (κ1) is 22.2. The second-order valence-electron chi connectivity index (χ2n) is 8.80. The van der Waals surface area contributed by atoms with Crippen molar-refractivity contribution in [2.75, 3.05) is 5.75 Å². The first-order chi connectivity index (χ1) is 17.2. The Kier molecular flexibility index (Phi) is 6.00. The number of thioether (sulfide) groups is 1. The van der Waals surface area contributed by atoms with E-state index >= 15 is 0 Å². The van der Waals surface area contributed by atoms with Gasteiger partial charge in [-0.2, -0.15) is 0 Å². The van der Waals surface area contributed by atoms with Crippen molar-refractivity contribution in [2.45, 2.75) is 43.8 Å². The molecule has 1 N–H and O–H groups in total. The number of hydrogen-bond donors (Lipinski definition) is 1. The second kappa shape index (κ2) is 9.43. The molecule has 6 rings (SSSR count). The maximum atomic E-state index is 13.1. The summed E-state index contributed by atoms with van der Waals surface area (Å²) in [5.74, 6) is 1.05. The first-order valence-corrected chi connectivity index (χ1v) is 13.7. The second-order valence-corrected chi connectivity index (χ2v) is 10.8. The zero-order valence-corrected chi connectivity index (χ0v) is 21.0. The van der Waals surface area contributed by atoms with Gasteiger partial charge in [-0.15, -0.1) is 21.5 Å². The summed E-state index contributed by atoms with van der Waals surface area (Å²) in [6.45, 7) is 1.99. The van der Waals surface area contributed by atoms with E-state index in [-0.39, 0.29) is 17.7 Å². The molecule has 3 heterocycles. The highest BCUT2D eigenvalue weighted by molar-refractivity contribution is 7.99. The Labute approximate surface area is 211 Å². The molecule has 0 fully saturated rings. The van der Waals surface area contributed by atoms with E-state index in [1.807, 2.05) is 72.0 Å². The highest BCUT2D eigenvalue weighted by Crippen LogP contribution is 2.38. The number of hydrogen-bond acceptors (Lipinski definition) is 6. The van der Waals surface area contributed by atoms with E-state index in [0.29, 0.717) is 5.16 Å². The summed E-state index contributed by atoms with van der Waals surface area (Å²) in [6.07, 6.45) is 4.65. The van der Waals surface area contributed by atoms with Crippen molar-refractivity contribution in [1.29, 1.82) is 0 Å². The molecule has 1 aliphatic carbocycles. The summed E-state index contributed by atoms with van der Waals surface area (Å²) >= 11 is 3.20. The molecule has 0 bridgehead atoms. The number of thiophene rings is 1. The van der Waals surface area contributed by atoms with Crippen molar-refractivity contribution < 1.29 is 4.79 Å². The van der Waals surface area contributed by atoms with Crippen molar-refractivity contribution in [1.82, 2.24) is 24.9 Å². The third-order valence-corrected chi connectivity index (χ3v) is 8.61. The van der Waals surface area contributed by atoms with Gasteiger partial charge in [-0.3, -0.25) is 9.20 Å². The van der Waals surface area contributed by atoms with Gasteiger partial charge in [-0.1, -0.05) is 72.4 Å². The molecule has 0 saturated carbocycles. The number of aryl methyl sites for hydroxylation is 3. The molecule has 0 radical (unpaired) electrons. The Morgan fingerprint density at radius 2 is 1.71 bits per heavy atom. The summed E-state index contributed by atoms with van der Waals surface area (Å²) in [5.41, 5.74) is 4.36. The average Bonchev–Trinajstić information content (AvgIpc) is 3.48. The van der Waals surface area contributed by atoms with Gasteiger partial charge in [0.25, 0.3) is 0 Å². The van der Waals surface area contributed by atoms with Gasteiger partial charge in [0.05, 0.1) is 17.2 Å². The van der Waals surface area contributed by atoms with Crippen LogP contribution >= 0.6 is 23.1 Å². The van der Waals surface area contributed by atoms with E-state index in [0.717, 1.165) is 45.7 Å². The normalized spacial score (nSPS) is 13.4. The number of fused-ring (bicyclic) bond motifs is 5. The molecule has 8 heteroatoms. The summed E-state index contributed by atoms with van der Waals surface area (Å²) in [5, 5.41) is 14.1. The predicted molar refractivity (Wildman–Crippen MR) is 141 cm³/mol. The first-order valence-electron chi connectivity index (χ1n) is 11.9. The van der Waals surface area contributed by atoms with Gasteiger partial charge < -0.3 is 5.32 Å². The van der Waals surface area contributed by atoms with Crippen LogP contribution in [-0.4, -0.2) is 31.2 Å². The molecule has 35 heavy (non-hydrogen) atoms. The quantitative estimate of drug-likeness (QED) is 0.311. The van der Waals surface area contributed by atoms with Crippen molar-refractivity contribution in [2.24, 2.45) is 0 Å². The van der Waals surface area contributed by atoms with Crippen LogP contribution in [0.3, 0.4) is 0 Å². The minimum atomic E-state index is -0.207. The Balaban J connectivity index is 1.26. The van der Waals surface area contributed by atoms with E-state index in [1.165, 1.54) is 35.0 Å². The number of aromatic nitrogens is 4. The average molecular weight is 500 g/mol. The fraction of sp³-hybridized carbons (Fsp3) is 0.259. The molecular weight excluding hydrogens is 474 g/mol. The number of carbonyl (C=O) groups excluding carboxylic acids is 1. The molecule has 5 aromatic rings. The summed E-state index contributed by atoms with van der Waals surface area (Å²) < 4.78 is 2.01. The van der Waals surface area contributed by atoms with Crippen LogP contribution in [0, 0.1) is 6.92 Å². The fourth-order valence-corrected chi connectivity index (χ4v) is 6.95. The minimum Gasteiger partial charge on any atom is -0.344 e. The third-order valence-electron chi connectivity index (χ3n) is 6.50. The summed E-state index contributed by atoms with van der Waals surface area (Å²) in [7, 11) is 0. The number of nitrogens with one attached hydrogen (secondary N) is 1. The standard InChI is InChI=1S/C27H25N5OS2/c1-17-28-26-23(20-14-8-9-15-21(20)35-26)25-30-31-27(32(17)25)34-16-22(33)29-24(18-10-4-2-5-11-18)19-12-6-3-7-13-19/h2-7,10-13,24H,8-9,14-16H2,1H3,(H,29,33).